The van der Waals surface area contributed by atoms with E-state index in [9.17, 15) is 14.9 Å². The van der Waals surface area contributed by atoms with Gasteiger partial charge in [0.15, 0.2) is 0 Å². The highest BCUT2D eigenvalue weighted by molar-refractivity contribution is 5.92. The number of amides is 1. The number of aryl methyl sites for hydroxylation is 2. The minimum absolute atomic E-state index is 0.0117. The molecule has 0 unspecified atom stereocenters. The second-order valence-electron chi connectivity index (χ2n) is 7.18. The smallest absolute Gasteiger partial charge is 0.269 e. The number of hydrogen-bond acceptors (Lipinski definition) is 5. The Balaban J connectivity index is 1.43. The third-order valence-corrected chi connectivity index (χ3v) is 4.97. The van der Waals surface area contributed by atoms with Crippen molar-refractivity contribution in [2.45, 2.75) is 33.2 Å². The summed E-state index contributed by atoms with van der Waals surface area (Å²) in [6, 6.07) is 7.98. The van der Waals surface area contributed by atoms with E-state index in [4.69, 9.17) is 0 Å². The number of hydrogen-bond donors (Lipinski definition) is 1. The fourth-order valence-corrected chi connectivity index (χ4v) is 3.50. The summed E-state index contributed by atoms with van der Waals surface area (Å²) < 4.78 is 2.08. The lowest BCUT2D eigenvalue weighted by molar-refractivity contribution is -0.384. The summed E-state index contributed by atoms with van der Waals surface area (Å²) in [5.41, 5.74) is 2.83. The van der Waals surface area contributed by atoms with Crippen LogP contribution in [0.15, 0.2) is 30.3 Å². The summed E-state index contributed by atoms with van der Waals surface area (Å²) in [7, 11) is 0. The van der Waals surface area contributed by atoms with Gasteiger partial charge in [-0.2, -0.15) is 5.10 Å². The maximum atomic E-state index is 12.2. The molecule has 1 N–H and O–H groups in total. The molecule has 0 radical (unpaired) electrons. The van der Waals surface area contributed by atoms with Crippen LogP contribution in [0.25, 0.3) is 0 Å². The summed E-state index contributed by atoms with van der Waals surface area (Å²) in [6.45, 7) is 7.13. The van der Waals surface area contributed by atoms with Crippen molar-refractivity contribution < 1.29 is 9.72 Å². The molecule has 0 saturated carbocycles. The Hall–Kier alpha value is -2.74. The predicted octanol–water partition coefficient (Wildman–Crippen LogP) is 2.76. The number of rotatable bonds is 6. The molecule has 1 aromatic carbocycles. The topological polar surface area (TPSA) is 93.3 Å². The number of benzene rings is 1. The van der Waals surface area contributed by atoms with E-state index >= 15 is 0 Å². The van der Waals surface area contributed by atoms with Gasteiger partial charge in [0.05, 0.1) is 17.2 Å². The number of nitrogens with zero attached hydrogens (tertiary/aromatic N) is 4. The predicted molar refractivity (Wildman–Crippen MR) is 103 cm³/mol. The number of anilines is 1. The second-order valence-corrected chi connectivity index (χ2v) is 7.18. The zero-order valence-electron chi connectivity index (χ0n) is 15.7. The fraction of sp³-hybridized carbons (Fsp3) is 0.474. The van der Waals surface area contributed by atoms with Crippen LogP contribution in [0.2, 0.25) is 0 Å². The van der Waals surface area contributed by atoms with Gasteiger partial charge in [-0.1, -0.05) is 0 Å². The number of nitro benzene ring substituents is 1. The first-order valence-corrected chi connectivity index (χ1v) is 9.18. The maximum absolute atomic E-state index is 12.2. The molecule has 0 spiro atoms. The average molecular weight is 371 g/mol. The summed E-state index contributed by atoms with van der Waals surface area (Å²) >= 11 is 0. The van der Waals surface area contributed by atoms with E-state index in [0.717, 1.165) is 38.2 Å². The minimum atomic E-state index is -0.457. The van der Waals surface area contributed by atoms with E-state index < -0.39 is 4.92 Å². The largest absolute Gasteiger partial charge is 0.325 e. The Morgan fingerprint density at radius 3 is 2.48 bits per heavy atom. The van der Waals surface area contributed by atoms with E-state index in [1.54, 1.807) is 12.1 Å². The Bertz CT molecular complexity index is 807. The highest BCUT2D eigenvalue weighted by atomic mass is 16.6. The molecule has 2 aromatic rings. The van der Waals surface area contributed by atoms with Crippen molar-refractivity contribution in [2.75, 3.05) is 25.0 Å². The standard InChI is InChI=1S/C19H25N5O3/c1-14-11-15(2)23(21-14)12-16-7-9-22(10-8-16)13-19(25)20-17-3-5-18(6-4-17)24(26)27/h3-6,11,16H,7-10,12-13H2,1-2H3,(H,20,25). The van der Waals surface area contributed by atoms with Gasteiger partial charge in [0.25, 0.3) is 5.69 Å². The number of carbonyl (C=O) groups excluding carboxylic acids is 1. The molecule has 0 bridgehead atoms. The van der Waals surface area contributed by atoms with Crippen LogP contribution >= 0.6 is 0 Å². The van der Waals surface area contributed by atoms with Gasteiger partial charge >= 0.3 is 0 Å². The molecule has 144 valence electrons. The lowest BCUT2D eigenvalue weighted by Gasteiger charge is -2.31. The third-order valence-electron chi connectivity index (χ3n) is 4.97. The number of likely N-dealkylation sites (tertiary alicyclic amines) is 1. The van der Waals surface area contributed by atoms with Gasteiger partial charge < -0.3 is 5.32 Å². The van der Waals surface area contributed by atoms with Crippen molar-refractivity contribution in [3.8, 4) is 0 Å². The minimum Gasteiger partial charge on any atom is -0.325 e. The van der Waals surface area contributed by atoms with Crippen molar-refractivity contribution in [2.24, 2.45) is 5.92 Å². The molecule has 1 saturated heterocycles. The Kier molecular flexibility index (Phi) is 5.85. The van der Waals surface area contributed by atoms with Crippen LogP contribution in [0.3, 0.4) is 0 Å². The quantitative estimate of drug-likeness (QED) is 0.622. The van der Waals surface area contributed by atoms with Crippen LogP contribution in [0, 0.1) is 29.9 Å². The second kappa shape index (κ2) is 8.30. The molecule has 0 atom stereocenters. The van der Waals surface area contributed by atoms with Crippen LogP contribution in [0.5, 0.6) is 0 Å². The van der Waals surface area contributed by atoms with Crippen LogP contribution in [-0.4, -0.2) is 45.1 Å². The maximum Gasteiger partial charge on any atom is 0.269 e. The third kappa shape index (κ3) is 5.13. The fourth-order valence-electron chi connectivity index (χ4n) is 3.50. The first-order chi connectivity index (χ1) is 12.9. The SMILES string of the molecule is Cc1cc(C)n(CC2CCN(CC(=O)Nc3ccc([N+](=O)[O-])cc3)CC2)n1. The van der Waals surface area contributed by atoms with Gasteiger partial charge in [-0.05, 0) is 63.9 Å². The lowest BCUT2D eigenvalue weighted by atomic mass is 9.97. The molecule has 27 heavy (non-hydrogen) atoms. The number of nitro groups is 1. The summed E-state index contributed by atoms with van der Waals surface area (Å²) in [5.74, 6) is 0.484. The summed E-state index contributed by atoms with van der Waals surface area (Å²) in [4.78, 5) is 24.6. The summed E-state index contributed by atoms with van der Waals surface area (Å²) in [5, 5.41) is 18.0. The van der Waals surface area contributed by atoms with Crippen LogP contribution in [-0.2, 0) is 11.3 Å². The number of carbonyl (C=O) groups is 1. The molecule has 8 nitrogen and oxygen atoms in total. The lowest BCUT2D eigenvalue weighted by Crippen LogP contribution is -2.40. The van der Waals surface area contributed by atoms with Gasteiger partial charge in [0.2, 0.25) is 5.91 Å². The van der Waals surface area contributed by atoms with E-state index in [2.05, 4.69) is 33.0 Å². The highest BCUT2D eigenvalue weighted by Crippen LogP contribution is 2.20. The molecular weight excluding hydrogens is 346 g/mol. The number of nitrogens with one attached hydrogen (secondary N) is 1. The molecule has 0 aliphatic carbocycles. The van der Waals surface area contributed by atoms with Gasteiger partial charge in [-0.3, -0.25) is 24.5 Å². The summed E-state index contributed by atoms with van der Waals surface area (Å²) in [6.07, 6.45) is 2.09. The molecule has 1 fully saturated rings. The van der Waals surface area contributed by atoms with Crippen molar-refractivity contribution in [1.82, 2.24) is 14.7 Å². The first-order valence-electron chi connectivity index (χ1n) is 9.18. The normalized spacial score (nSPS) is 15.6. The van der Waals surface area contributed by atoms with Crippen LogP contribution in [0.4, 0.5) is 11.4 Å². The average Bonchev–Trinajstić information content (AvgIpc) is 2.94. The van der Waals surface area contributed by atoms with Crippen molar-refractivity contribution in [1.29, 1.82) is 0 Å². The Labute approximate surface area is 158 Å². The highest BCUT2D eigenvalue weighted by Gasteiger charge is 2.22. The molecule has 8 heteroatoms. The number of non-ortho nitro benzene ring substituents is 1. The molecule has 3 rings (SSSR count). The molecule has 1 aromatic heterocycles. The van der Waals surface area contributed by atoms with Crippen molar-refractivity contribution >= 4 is 17.3 Å². The Morgan fingerprint density at radius 1 is 1.26 bits per heavy atom. The van der Waals surface area contributed by atoms with E-state index in [1.165, 1.54) is 17.8 Å². The zero-order chi connectivity index (χ0) is 19.4. The van der Waals surface area contributed by atoms with Gasteiger partial charge in [0.1, 0.15) is 0 Å². The number of aromatic nitrogens is 2. The molecule has 1 aliphatic rings. The molecule has 2 heterocycles. The Morgan fingerprint density at radius 2 is 1.93 bits per heavy atom. The van der Waals surface area contributed by atoms with E-state index in [0.29, 0.717) is 18.2 Å². The van der Waals surface area contributed by atoms with Crippen LogP contribution < -0.4 is 5.32 Å². The van der Waals surface area contributed by atoms with Crippen molar-refractivity contribution in [3.05, 3.63) is 51.8 Å². The molecular formula is C19H25N5O3. The van der Waals surface area contributed by atoms with Crippen molar-refractivity contribution in [3.63, 3.8) is 0 Å². The van der Waals surface area contributed by atoms with E-state index in [1.807, 2.05) is 6.92 Å². The number of piperidine rings is 1. The first kappa shape index (κ1) is 19.0. The van der Waals surface area contributed by atoms with E-state index in [-0.39, 0.29) is 11.6 Å². The van der Waals surface area contributed by atoms with Crippen LogP contribution in [0.1, 0.15) is 24.2 Å². The molecule has 1 amide bonds. The van der Waals surface area contributed by atoms with Gasteiger partial charge in [0, 0.05) is 30.1 Å². The molecule has 1 aliphatic heterocycles. The van der Waals surface area contributed by atoms with Gasteiger partial charge in [-0.15, -0.1) is 0 Å². The zero-order valence-corrected chi connectivity index (χ0v) is 15.7. The van der Waals surface area contributed by atoms with Gasteiger partial charge in [-0.25, -0.2) is 0 Å². The monoisotopic (exact) mass is 371 g/mol.